The number of carbonyl (C=O) groups is 1. The van der Waals surface area contributed by atoms with E-state index in [2.05, 4.69) is 0 Å². The summed E-state index contributed by atoms with van der Waals surface area (Å²) in [5.74, 6) is 0.980. The number of nitrogens with zero attached hydrogens (tertiary/aromatic N) is 1. The van der Waals surface area contributed by atoms with Crippen molar-refractivity contribution in [3.63, 3.8) is 0 Å². The summed E-state index contributed by atoms with van der Waals surface area (Å²) in [6.07, 6.45) is 5.60. The molecule has 110 valence electrons. The van der Waals surface area contributed by atoms with Crippen LogP contribution < -0.4 is 0 Å². The second-order valence-electron chi connectivity index (χ2n) is 7.10. The van der Waals surface area contributed by atoms with Crippen LogP contribution in [0.1, 0.15) is 52.9 Å². The molecule has 0 aromatic carbocycles. The molecule has 0 radical (unpaired) electrons. The molecular formula is C15H27NO3. The SMILES string of the molecule is CC(C)(C)OC(=O)N1CC(O)C(CC2CCCC2)C1. The lowest BCUT2D eigenvalue weighted by molar-refractivity contribution is 0.0269. The molecule has 1 N–H and O–H groups in total. The molecule has 0 spiro atoms. The van der Waals surface area contributed by atoms with Crippen molar-refractivity contribution in [2.75, 3.05) is 13.1 Å². The Hall–Kier alpha value is -0.770. The minimum absolute atomic E-state index is 0.232. The van der Waals surface area contributed by atoms with Crippen molar-refractivity contribution in [1.29, 1.82) is 0 Å². The van der Waals surface area contributed by atoms with Crippen LogP contribution >= 0.6 is 0 Å². The van der Waals surface area contributed by atoms with Gasteiger partial charge in [-0.1, -0.05) is 25.7 Å². The molecular weight excluding hydrogens is 242 g/mol. The topological polar surface area (TPSA) is 49.8 Å². The number of hydrogen-bond acceptors (Lipinski definition) is 3. The van der Waals surface area contributed by atoms with Gasteiger partial charge in [0.1, 0.15) is 5.60 Å². The number of carbonyl (C=O) groups excluding carboxylic acids is 1. The predicted octanol–water partition coefficient (Wildman–Crippen LogP) is 2.79. The minimum Gasteiger partial charge on any atom is -0.444 e. The van der Waals surface area contributed by atoms with Crippen LogP contribution in [-0.4, -0.2) is 40.9 Å². The average Bonchev–Trinajstić information content (AvgIpc) is 2.88. The van der Waals surface area contributed by atoms with Gasteiger partial charge in [-0.05, 0) is 33.1 Å². The van der Waals surface area contributed by atoms with E-state index in [1.54, 1.807) is 4.90 Å². The third-order valence-electron chi connectivity index (χ3n) is 4.17. The number of β-amino-alcohol motifs (C(OH)–C–C–N with tert-alkyl or cyclic N) is 1. The Morgan fingerprint density at radius 2 is 1.89 bits per heavy atom. The molecule has 2 fully saturated rings. The van der Waals surface area contributed by atoms with E-state index in [9.17, 15) is 9.90 Å². The van der Waals surface area contributed by atoms with Crippen LogP contribution in [0.4, 0.5) is 4.79 Å². The molecule has 2 rings (SSSR count). The Balaban J connectivity index is 1.84. The molecule has 1 saturated heterocycles. The van der Waals surface area contributed by atoms with Gasteiger partial charge in [0.05, 0.1) is 12.6 Å². The quantitative estimate of drug-likeness (QED) is 0.838. The van der Waals surface area contributed by atoms with Crippen LogP contribution in [0.3, 0.4) is 0 Å². The Morgan fingerprint density at radius 3 is 2.47 bits per heavy atom. The molecule has 1 heterocycles. The summed E-state index contributed by atoms with van der Waals surface area (Å²) < 4.78 is 5.36. The third kappa shape index (κ3) is 4.10. The molecule has 19 heavy (non-hydrogen) atoms. The summed E-state index contributed by atoms with van der Waals surface area (Å²) in [4.78, 5) is 13.6. The van der Waals surface area contributed by atoms with Gasteiger partial charge in [-0.15, -0.1) is 0 Å². The maximum atomic E-state index is 12.0. The van der Waals surface area contributed by atoms with Gasteiger partial charge >= 0.3 is 6.09 Å². The zero-order valence-electron chi connectivity index (χ0n) is 12.4. The zero-order valence-corrected chi connectivity index (χ0v) is 12.4. The van der Waals surface area contributed by atoms with E-state index < -0.39 is 5.60 Å². The van der Waals surface area contributed by atoms with Gasteiger partial charge < -0.3 is 14.7 Å². The van der Waals surface area contributed by atoms with E-state index in [1.165, 1.54) is 25.7 Å². The third-order valence-corrected chi connectivity index (χ3v) is 4.17. The van der Waals surface area contributed by atoms with E-state index in [-0.39, 0.29) is 18.1 Å². The summed E-state index contributed by atoms with van der Waals surface area (Å²) in [5.41, 5.74) is -0.467. The molecule has 0 aromatic heterocycles. The highest BCUT2D eigenvalue weighted by atomic mass is 16.6. The Morgan fingerprint density at radius 1 is 1.26 bits per heavy atom. The maximum absolute atomic E-state index is 12.0. The monoisotopic (exact) mass is 269 g/mol. The van der Waals surface area contributed by atoms with Crippen LogP contribution in [0.25, 0.3) is 0 Å². The van der Waals surface area contributed by atoms with Gasteiger partial charge in [0.25, 0.3) is 0 Å². The van der Waals surface area contributed by atoms with Crippen LogP contribution in [-0.2, 0) is 4.74 Å². The first-order chi connectivity index (χ1) is 8.85. The van der Waals surface area contributed by atoms with Gasteiger partial charge in [-0.3, -0.25) is 0 Å². The smallest absolute Gasteiger partial charge is 0.410 e. The first kappa shape index (κ1) is 14.6. The van der Waals surface area contributed by atoms with Crippen LogP contribution in [0.5, 0.6) is 0 Å². The van der Waals surface area contributed by atoms with Crippen molar-refractivity contribution in [3.05, 3.63) is 0 Å². The second kappa shape index (κ2) is 5.70. The second-order valence-corrected chi connectivity index (χ2v) is 7.10. The molecule has 1 aliphatic carbocycles. The lowest BCUT2D eigenvalue weighted by atomic mass is 9.91. The number of aliphatic hydroxyl groups excluding tert-OH is 1. The van der Waals surface area contributed by atoms with Gasteiger partial charge in [-0.25, -0.2) is 4.79 Å². The molecule has 1 aliphatic heterocycles. The van der Waals surface area contributed by atoms with Crippen molar-refractivity contribution in [3.8, 4) is 0 Å². The lowest BCUT2D eigenvalue weighted by Crippen LogP contribution is -2.35. The Kier molecular flexibility index (Phi) is 4.39. The van der Waals surface area contributed by atoms with E-state index in [0.717, 1.165) is 12.3 Å². The number of amides is 1. The van der Waals surface area contributed by atoms with Gasteiger partial charge in [0.2, 0.25) is 0 Å². The fourth-order valence-electron chi connectivity index (χ4n) is 3.24. The molecule has 4 nitrogen and oxygen atoms in total. The van der Waals surface area contributed by atoms with Crippen molar-refractivity contribution in [2.24, 2.45) is 11.8 Å². The number of rotatable bonds is 2. The fraction of sp³-hybridized carbons (Fsp3) is 0.933. The lowest BCUT2D eigenvalue weighted by Gasteiger charge is -2.24. The summed E-state index contributed by atoms with van der Waals surface area (Å²) in [6, 6.07) is 0. The number of likely N-dealkylation sites (tertiary alicyclic amines) is 1. The van der Waals surface area contributed by atoms with Crippen molar-refractivity contribution in [1.82, 2.24) is 4.90 Å². The fourth-order valence-corrected chi connectivity index (χ4v) is 3.24. The molecule has 0 bridgehead atoms. The standard InChI is InChI=1S/C15H27NO3/c1-15(2,3)19-14(18)16-9-12(13(17)10-16)8-11-6-4-5-7-11/h11-13,17H,4-10H2,1-3H3. The van der Waals surface area contributed by atoms with Gasteiger partial charge in [0.15, 0.2) is 0 Å². The molecule has 2 atom stereocenters. The summed E-state index contributed by atoms with van der Waals surface area (Å²) in [5, 5.41) is 10.1. The number of hydrogen-bond donors (Lipinski definition) is 1. The first-order valence-corrected chi connectivity index (χ1v) is 7.51. The van der Waals surface area contributed by atoms with E-state index in [0.29, 0.717) is 13.1 Å². The average molecular weight is 269 g/mol. The van der Waals surface area contributed by atoms with Crippen molar-refractivity contribution < 1.29 is 14.6 Å². The molecule has 1 amide bonds. The highest BCUT2D eigenvalue weighted by Crippen LogP contribution is 2.34. The summed E-state index contributed by atoms with van der Waals surface area (Å²) in [6.45, 7) is 6.67. The Labute approximate surface area is 116 Å². The van der Waals surface area contributed by atoms with Crippen LogP contribution in [0.15, 0.2) is 0 Å². The molecule has 2 aliphatic rings. The highest BCUT2D eigenvalue weighted by molar-refractivity contribution is 5.68. The Bertz CT molecular complexity index is 318. The highest BCUT2D eigenvalue weighted by Gasteiger charge is 2.37. The van der Waals surface area contributed by atoms with E-state index in [4.69, 9.17) is 4.74 Å². The summed E-state index contributed by atoms with van der Waals surface area (Å²) >= 11 is 0. The normalized spacial score (nSPS) is 28.9. The number of aliphatic hydroxyl groups is 1. The van der Waals surface area contributed by atoms with E-state index >= 15 is 0 Å². The minimum atomic E-state index is -0.467. The largest absolute Gasteiger partial charge is 0.444 e. The number of ether oxygens (including phenoxy) is 1. The van der Waals surface area contributed by atoms with Crippen LogP contribution in [0.2, 0.25) is 0 Å². The van der Waals surface area contributed by atoms with Crippen molar-refractivity contribution in [2.45, 2.75) is 64.6 Å². The van der Waals surface area contributed by atoms with E-state index in [1.807, 2.05) is 20.8 Å². The molecule has 4 heteroatoms. The maximum Gasteiger partial charge on any atom is 0.410 e. The van der Waals surface area contributed by atoms with Gasteiger partial charge in [-0.2, -0.15) is 0 Å². The van der Waals surface area contributed by atoms with Gasteiger partial charge in [0, 0.05) is 12.5 Å². The van der Waals surface area contributed by atoms with Crippen molar-refractivity contribution >= 4 is 6.09 Å². The predicted molar refractivity (Wildman–Crippen MR) is 73.9 cm³/mol. The zero-order chi connectivity index (χ0) is 14.0. The van der Waals surface area contributed by atoms with Crippen LogP contribution in [0, 0.1) is 11.8 Å². The first-order valence-electron chi connectivity index (χ1n) is 7.51. The molecule has 2 unspecified atom stereocenters. The molecule has 0 aromatic rings. The molecule has 1 saturated carbocycles. The summed E-state index contributed by atoms with van der Waals surface area (Å²) in [7, 11) is 0.